The maximum absolute atomic E-state index is 14.4. The summed E-state index contributed by atoms with van der Waals surface area (Å²) >= 11 is 0. The molecule has 0 bridgehead atoms. The minimum absolute atomic E-state index is 0.0103. The van der Waals surface area contributed by atoms with Crippen LogP contribution < -0.4 is 26.4 Å². The Morgan fingerprint density at radius 1 is 0.727 bits per heavy atom. The molecule has 0 saturated heterocycles. The third-order valence-electron chi connectivity index (χ3n) is 16.2. The van der Waals surface area contributed by atoms with Crippen LogP contribution in [0.3, 0.4) is 0 Å². The van der Waals surface area contributed by atoms with Gasteiger partial charge < -0.3 is 31.3 Å². The van der Waals surface area contributed by atoms with E-state index in [0.29, 0.717) is 48.8 Å². The second kappa shape index (κ2) is 33.6. The highest BCUT2D eigenvalue weighted by Crippen LogP contribution is 2.30. The summed E-state index contributed by atoms with van der Waals surface area (Å²) in [5.74, 6) is -4.97. The van der Waals surface area contributed by atoms with Gasteiger partial charge in [-0.1, -0.05) is 142 Å². The molecule has 4 rings (SSSR count). The van der Waals surface area contributed by atoms with Crippen LogP contribution in [0.25, 0.3) is 0 Å². The van der Waals surface area contributed by atoms with Gasteiger partial charge in [-0.15, -0.1) is 0 Å². The largest absolute Gasteiger partial charge is 0.461 e. The first-order valence-electron chi connectivity index (χ1n) is 30.3. The van der Waals surface area contributed by atoms with Gasteiger partial charge in [0.05, 0.1) is 17.0 Å². The first-order chi connectivity index (χ1) is 41.3. The van der Waals surface area contributed by atoms with Crippen molar-refractivity contribution in [2.24, 2.45) is 34.8 Å². The lowest BCUT2D eigenvalue weighted by Gasteiger charge is -2.40. The van der Waals surface area contributed by atoms with Crippen LogP contribution in [-0.2, 0) is 82.8 Å². The van der Waals surface area contributed by atoms with Gasteiger partial charge in [-0.2, -0.15) is 0 Å². The van der Waals surface area contributed by atoms with Crippen molar-refractivity contribution in [2.75, 3.05) is 27.2 Å². The van der Waals surface area contributed by atoms with Crippen LogP contribution in [0.1, 0.15) is 149 Å². The number of aryl methyl sites for hydroxylation is 1. The number of benzene rings is 3. The van der Waals surface area contributed by atoms with E-state index in [1.807, 2.05) is 92.6 Å². The summed E-state index contributed by atoms with van der Waals surface area (Å²) in [6, 6.07) is 19.3. The molecular formula is C67H93N7O13S. The minimum Gasteiger partial charge on any atom is -0.461 e. The number of carbonyl (C=O) groups is 10. The van der Waals surface area contributed by atoms with E-state index in [4.69, 9.17) is 10.5 Å². The van der Waals surface area contributed by atoms with Crippen LogP contribution in [0, 0.1) is 29.1 Å². The first-order valence-corrected chi connectivity index (χ1v) is 31.8. The van der Waals surface area contributed by atoms with Crippen LogP contribution in [0.2, 0.25) is 0 Å². The van der Waals surface area contributed by atoms with Crippen molar-refractivity contribution < 1.29 is 61.1 Å². The standard InChI is InChI=1S/C67H93N7O13S/c1-43(2)53(41-51(75)23-17-14-18-37-74-57(78)33-34-58(74)79)56(77)40-49(20-19-36-70-65(68)84)55(76)39-47-24-26-48(27-25-47)42-87-59(80)35-30-46-28-31-52(32-29-46)88(85,86)72-62(81)45(5)38-54(44(3)4)73(12)64(83)61(66(6,7)8)71-63(82)60(69-11)67(9,10)50-21-15-13-16-22-50/h13,15-16,21-22,24-29,31-34,38,43-44,49,53-54,60-61,69H,14,17-20,23,30,35-37,39-42H2,1-12H3,(H,71,82)(H,72,81)(H3,68,70,84)/b45-38+/t49-,53+,54+,60+,61+/m0/s1. The monoisotopic (exact) mass is 1240 g/mol. The van der Waals surface area contributed by atoms with Crippen molar-refractivity contribution in [3.63, 3.8) is 0 Å². The lowest BCUT2D eigenvalue weighted by molar-refractivity contribution is -0.145. The number of nitrogens with one attached hydrogen (secondary N) is 4. The molecule has 0 fully saturated rings. The number of esters is 1. The predicted octanol–water partition coefficient (Wildman–Crippen LogP) is 7.55. The van der Waals surface area contributed by atoms with Gasteiger partial charge in [0.15, 0.2) is 0 Å². The lowest BCUT2D eigenvalue weighted by atomic mass is 9.76. The van der Waals surface area contributed by atoms with E-state index in [1.54, 1.807) is 44.4 Å². The quantitative estimate of drug-likeness (QED) is 0.0163. The molecule has 0 spiro atoms. The SMILES string of the molecule is CN[C@H](C(=O)N[C@H](C(=O)N(C)[C@H](/C=C(\C)C(=O)NS(=O)(=O)c1ccc(CCC(=O)OCc2ccc(CC(=O)[C@@H](CCCNC(N)=O)CC(=O)[C@H](CC(=O)CCCCCN3C(=O)C=CC3=O)C(C)C)cc2)cc1)C(C)C)C(C)(C)C)C(C)(C)c1ccccc1. The molecule has 0 aromatic heterocycles. The van der Waals surface area contributed by atoms with Crippen molar-refractivity contribution in [3.8, 4) is 0 Å². The molecule has 3 aromatic rings. The van der Waals surface area contributed by atoms with E-state index in [1.165, 1.54) is 48.2 Å². The molecule has 88 heavy (non-hydrogen) atoms. The molecule has 480 valence electrons. The second-order valence-corrected chi connectivity index (χ2v) is 26.9. The number of carbonyl (C=O) groups excluding carboxylic acids is 10. The summed E-state index contributed by atoms with van der Waals surface area (Å²) in [7, 11) is -1.07. The van der Waals surface area contributed by atoms with Crippen molar-refractivity contribution in [3.05, 3.63) is 125 Å². The van der Waals surface area contributed by atoms with E-state index in [-0.39, 0.29) is 116 Å². The van der Waals surface area contributed by atoms with E-state index in [0.717, 1.165) is 10.5 Å². The summed E-state index contributed by atoms with van der Waals surface area (Å²) in [5, 5.41) is 8.67. The number of imide groups is 1. The molecule has 7 amide bonds. The smallest absolute Gasteiger partial charge is 0.312 e. The third kappa shape index (κ3) is 22.2. The zero-order chi connectivity index (χ0) is 65.7. The molecule has 0 saturated carbocycles. The van der Waals surface area contributed by atoms with Gasteiger partial charge in [0, 0.05) is 87.2 Å². The highest BCUT2D eigenvalue weighted by molar-refractivity contribution is 7.90. The van der Waals surface area contributed by atoms with Gasteiger partial charge in [0.25, 0.3) is 27.7 Å². The summed E-state index contributed by atoms with van der Waals surface area (Å²) < 4.78 is 34.6. The van der Waals surface area contributed by atoms with Crippen LogP contribution in [-0.4, -0.2) is 122 Å². The molecule has 0 unspecified atom stereocenters. The number of amides is 7. The molecule has 0 radical (unpaired) electrons. The Balaban J connectivity index is 1.29. The fourth-order valence-electron chi connectivity index (χ4n) is 10.7. The van der Waals surface area contributed by atoms with Gasteiger partial charge in [0.1, 0.15) is 30.0 Å². The van der Waals surface area contributed by atoms with Crippen LogP contribution in [0.5, 0.6) is 0 Å². The van der Waals surface area contributed by atoms with Crippen molar-refractivity contribution in [2.45, 2.75) is 175 Å². The van der Waals surface area contributed by atoms with Gasteiger partial charge in [-0.3, -0.25) is 48.1 Å². The van der Waals surface area contributed by atoms with Crippen LogP contribution in [0.15, 0.2) is 108 Å². The highest BCUT2D eigenvalue weighted by Gasteiger charge is 2.42. The lowest BCUT2D eigenvalue weighted by Crippen LogP contribution is -2.61. The number of rotatable bonds is 36. The molecule has 1 aliphatic heterocycles. The van der Waals surface area contributed by atoms with E-state index in [2.05, 4.69) is 20.7 Å². The number of ether oxygens (including phenoxy) is 1. The van der Waals surface area contributed by atoms with Gasteiger partial charge in [-0.05, 0) is 97.7 Å². The first kappa shape index (κ1) is 72.8. The number of unbranched alkanes of at least 4 members (excludes halogenated alkanes) is 2. The van der Waals surface area contributed by atoms with Gasteiger partial charge in [-0.25, -0.2) is 17.9 Å². The average molecular weight is 1240 g/mol. The van der Waals surface area contributed by atoms with Gasteiger partial charge >= 0.3 is 12.0 Å². The average Bonchev–Trinajstić information content (AvgIpc) is 1.41. The van der Waals surface area contributed by atoms with E-state index < -0.39 is 74.6 Å². The van der Waals surface area contributed by atoms with Crippen LogP contribution in [0.4, 0.5) is 4.79 Å². The molecular weight excluding hydrogens is 1140 g/mol. The Morgan fingerprint density at radius 3 is 1.90 bits per heavy atom. The molecule has 3 aromatic carbocycles. The fraction of sp³-hybridized carbons (Fsp3) is 0.522. The van der Waals surface area contributed by atoms with Gasteiger partial charge in [0.2, 0.25) is 11.8 Å². The summed E-state index contributed by atoms with van der Waals surface area (Å²) in [5.41, 5.74) is 6.83. The number of sulfonamides is 1. The fourth-order valence-corrected chi connectivity index (χ4v) is 11.7. The molecule has 21 heteroatoms. The van der Waals surface area contributed by atoms with Crippen LogP contribution >= 0.6 is 0 Å². The number of Topliss-reactive ketones (excluding diaryl/α,β-unsaturated/α-hetero) is 3. The molecule has 6 N–H and O–H groups in total. The topological polar surface area (TPSA) is 295 Å². The number of hydrogen-bond acceptors (Lipinski definition) is 14. The Hall–Kier alpha value is -7.65. The number of primary amides is 1. The normalized spacial score (nSPS) is 14.7. The van der Waals surface area contributed by atoms with Crippen molar-refractivity contribution >= 4 is 68.9 Å². The summed E-state index contributed by atoms with van der Waals surface area (Å²) in [6.07, 6.45) is 6.85. The van der Waals surface area contributed by atoms with E-state index >= 15 is 0 Å². The maximum atomic E-state index is 14.4. The highest BCUT2D eigenvalue weighted by atomic mass is 32.2. The van der Waals surface area contributed by atoms with Crippen molar-refractivity contribution in [1.82, 2.24) is 30.5 Å². The Kier molecular flexibility index (Phi) is 27.8. The Morgan fingerprint density at radius 2 is 1.33 bits per heavy atom. The molecule has 1 heterocycles. The van der Waals surface area contributed by atoms with Crippen molar-refractivity contribution in [1.29, 1.82) is 0 Å². The number of likely N-dealkylation sites (N-methyl/N-ethyl adjacent to an activating group) is 2. The molecule has 20 nitrogen and oxygen atoms in total. The number of nitrogens with two attached hydrogens (primary N) is 1. The molecule has 1 aliphatic rings. The zero-order valence-corrected chi connectivity index (χ0v) is 54.2. The zero-order valence-electron chi connectivity index (χ0n) is 53.4. The number of ketones is 3. The molecule has 5 atom stereocenters. The number of nitrogens with zero attached hydrogens (tertiary/aromatic N) is 2. The Labute approximate surface area is 520 Å². The van der Waals surface area contributed by atoms with E-state index in [9.17, 15) is 56.4 Å². The predicted molar refractivity (Wildman–Crippen MR) is 336 cm³/mol. The maximum Gasteiger partial charge on any atom is 0.312 e. The summed E-state index contributed by atoms with van der Waals surface area (Å²) in [4.78, 5) is 133. The third-order valence-corrected chi connectivity index (χ3v) is 17.5. The number of hydrogen-bond donors (Lipinski definition) is 5. The minimum atomic E-state index is -4.36. The Bertz CT molecular complexity index is 3100. The summed E-state index contributed by atoms with van der Waals surface area (Å²) in [6.45, 7) is 18.8. The molecule has 0 aliphatic carbocycles. The second-order valence-electron chi connectivity index (χ2n) is 25.2. The number of urea groups is 1.